The van der Waals surface area contributed by atoms with Crippen LogP contribution in [0.3, 0.4) is 0 Å². The SMILES string of the molecule is C/C=C/c1ccc(O)c(Cc2ccccc2C(F)(F)F)c1N=C(C)Cc1ccc(N2CCCC(C)CC2)cc1. The molecule has 3 aromatic rings. The average Bonchev–Trinajstić information content (AvgIpc) is 3.12. The van der Waals surface area contributed by atoms with Gasteiger partial charge in [0.15, 0.2) is 0 Å². The molecule has 206 valence electrons. The van der Waals surface area contributed by atoms with E-state index in [1.54, 1.807) is 12.1 Å². The number of aliphatic imine (C=N–C) groups is 1. The van der Waals surface area contributed by atoms with Crippen molar-refractivity contribution in [2.24, 2.45) is 10.9 Å². The van der Waals surface area contributed by atoms with Crippen LogP contribution in [0.5, 0.6) is 5.75 Å². The highest BCUT2D eigenvalue weighted by Crippen LogP contribution is 2.38. The maximum absolute atomic E-state index is 13.7. The van der Waals surface area contributed by atoms with Crippen LogP contribution in [0.4, 0.5) is 24.5 Å². The molecule has 4 rings (SSSR count). The summed E-state index contributed by atoms with van der Waals surface area (Å²) in [5, 5.41) is 10.8. The maximum atomic E-state index is 13.7. The summed E-state index contributed by atoms with van der Waals surface area (Å²) in [7, 11) is 0. The normalized spacial score (nSPS) is 17.0. The number of anilines is 1. The average molecular weight is 535 g/mol. The minimum atomic E-state index is -4.48. The molecule has 1 aliphatic rings. The summed E-state index contributed by atoms with van der Waals surface area (Å²) in [5.74, 6) is 0.702. The van der Waals surface area contributed by atoms with Crippen LogP contribution in [-0.4, -0.2) is 23.9 Å². The first-order chi connectivity index (χ1) is 18.7. The van der Waals surface area contributed by atoms with Crippen LogP contribution in [0.15, 0.2) is 71.7 Å². The molecular weight excluding hydrogens is 497 g/mol. The van der Waals surface area contributed by atoms with E-state index in [1.165, 1.54) is 43.1 Å². The van der Waals surface area contributed by atoms with Crippen molar-refractivity contribution in [2.45, 2.75) is 59.1 Å². The zero-order chi connectivity index (χ0) is 28.0. The van der Waals surface area contributed by atoms with Gasteiger partial charge in [0.05, 0.1) is 11.3 Å². The first kappa shape index (κ1) is 28.5. The third-order valence-corrected chi connectivity index (χ3v) is 7.41. The van der Waals surface area contributed by atoms with Crippen molar-refractivity contribution >= 4 is 23.2 Å². The van der Waals surface area contributed by atoms with Gasteiger partial charge in [-0.2, -0.15) is 13.2 Å². The molecule has 1 saturated heterocycles. The number of halogens is 3. The van der Waals surface area contributed by atoms with E-state index in [2.05, 4.69) is 36.1 Å². The number of nitrogens with zero attached hydrogens (tertiary/aromatic N) is 2. The lowest BCUT2D eigenvalue weighted by Crippen LogP contribution is -2.24. The van der Waals surface area contributed by atoms with Gasteiger partial charge >= 0.3 is 6.18 Å². The predicted octanol–water partition coefficient (Wildman–Crippen LogP) is 9.00. The number of phenols is 1. The van der Waals surface area contributed by atoms with Gasteiger partial charge in [0, 0.05) is 48.5 Å². The van der Waals surface area contributed by atoms with Gasteiger partial charge in [-0.25, -0.2) is 0 Å². The van der Waals surface area contributed by atoms with Crippen LogP contribution in [0.25, 0.3) is 6.08 Å². The molecule has 3 aromatic carbocycles. The molecule has 0 amide bonds. The Balaban J connectivity index is 1.62. The summed E-state index contributed by atoms with van der Waals surface area (Å²) in [6, 6.07) is 17.3. The molecule has 1 N–H and O–H groups in total. The van der Waals surface area contributed by atoms with E-state index in [4.69, 9.17) is 4.99 Å². The molecule has 0 bridgehead atoms. The second-order valence-electron chi connectivity index (χ2n) is 10.5. The number of benzene rings is 3. The second kappa shape index (κ2) is 12.5. The van der Waals surface area contributed by atoms with E-state index in [0.29, 0.717) is 17.7 Å². The molecule has 1 unspecified atom stereocenters. The third-order valence-electron chi connectivity index (χ3n) is 7.41. The van der Waals surface area contributed by atoms with Crippen molar-refractivity contribution in [1.29, 1.82) is 0 Å². The molecule has 0 radical (unpaired) electrons. The number of hydrogen-bond acceptors (Lipinski definition) is 3. The Morgan fingerprint density at radius 2 is 1.77 bits per heavy atom. The summed E-state index contributed by atoms with van der Waals surface area (Å²) >= 11 is 0. The zero-order valence-electron chi connectivity index (χ0n) is 22.9. The van der Waals surface area contributed by atoms with Crippen molar-refractivity contribution in [3.05, 3.63) is 94.6 Å². The smallest absolute Gasteiger partial charge is 0.416 e. The monoisotopic (exact) mass is 534 g/mol. The largest absolute Gasteiger partial charge is 0.508 e. The Morgan fingerprint density at radius 3 is 2.49 bits per heavy atom. The van der Waals surface area contributed by atoms with E-state index >= 15 is 0 Å². The molecule has 1 atom stereocenters. The lowest BCUT2D eigenvalue weighted by Gasteiger charge is -2.23. The van der Waals surface area contributed by atoms with Gasteiger partial charge in [-0.15, -0.1) is 0 Å². The van der Waals surface area contributed by atoms with Crippen molar-refractivity contribution < 1.29 is 18.3 Å². The molecule has 1 aliphatic heterocycles. The molecule has 0 spiro atoms. The molecule has 39 heavy (non-hydrogen) atoms. The highest BCUT2D eigenvalue weighted by Gasteiger charge is 2.33. The topological polar surface area (TPSA) is 35.8 Å². The van der Waals surface area contributed by atoms with Crippen LogP contribution in [0.1, 0.15) is 67.9 Å². The minimum absolute atomic E-state index is 0.0668. The molecular formula is C33H37F3N2O. The molecule has 3 nitrogen and oxygen atoms in total. The maximum Gasteiger partial charge on any atom is 0.416 e. The molecule has 0 aliphatic carbocycles. The highest BCUT2D eigenvalue weighted by atomic mass is 19.4. The van der Waals surface area contributed by atoms with Crippen LogP contribution in [0.2, 0.25) is 0 Å². The van der Waals surface area contributed by atoms with Gasteiger partial charge in [0.25, 0.3) is 0 Å². The number of rotatable bonds is 7. The van der Waals surface area contributed by atoms with Crippen molar-refractivity contribution in [2.75, 3.05) is 18.0 Å². The highest BCUT2D eigenvalue weighted by molar-refractivity contribution is 5.89. The van der Waals surface area contributed by atoms with Crippen LogP contribution < -0.4 is 4.90 Å². The van der Waals surface area contributed by atoms with Crippen LogP contribution in [0, 0.1) is 5.92 Å². The Hall–Kier alpha value is -3.54. The Bertz CT molecular complexity index is 1330. The molecule has 6 heteroatoms. The number of alkyl halides is 3. The molecule has 0 saturated carbocycles. The van der Waals surface area contributed by atoms with E-state index < -0.39 is 11.7 Å². The summed E-state index contributed by atoms with van der Waals surface area (Å²) in [5.41, 5.74) is 4.19. The van der Waals surface area contributed by atoms with Gasteiger partial charge in [0.1, 0.15) is 5.75 Å². The number of aromatic hydroxyl groups is 1. The van der Waals surface area contributed by atoms with E-state index in [9.17, 15) is 18.3 Å². The quantitative estimate of drug-likeness (QED) is 0.307. The predicted molar refractivity (Wildman–Crippen MR) is 155 cm³/mol. The Labute approximate surface area is 229 Å². The van der Waals surface area contributed by atoms with Gasteiger partial charge < -0.3 is 10.0 Å². The van der Waals surface area contributed by atoms with Crippen molar-refractivity contribution in [1.82, 2.24) is 0 Å². The lowest BCUT2D eigenvalue weighted by atomic mass is 9.95. The van der Waals surface area contributed by atoms with E-state index in [1.807, 2.05) is 26.0 Å². The standard InChI is InChI=1S/C33H37F3N2O/c1-4-8-26-14-17-31(39)29(22-27-10-5-6-11-30(27)33(34,35)36)32(26)37-24(3)21-25-12-15-28(16-13-25)38-19-7-9-23(2)18-20-38/h4-6,8,10-17,23,39H,7,9,18-22H2,1-3H3/b8-4+,37-24?. The van der Waals surface area contributed by atoms with Gasteiger partial charge in [-0.05, 0) is 80.5 Å². The fraction of sp³-hybridized carbons (Fsp3) is 0.364. The zero-order valence-corrected chi connectivity index (χ0v) is 22.9. The minimum Gasteiger partial charge on any atom is -0.508 e. The first-order valence-corrected chi connectivity index (χ1v) is 13.7. The fourth-order valence-electron chi connectivity index (χ4n) is 5.28. The van der Waals surface area contributed by atoms with Crippen LogP contribution in [-0.2, 0) is 19.0 Å². The molecule has 0 aromatic heterocycles. The van der Waals surface area contributed by atoms with Gasteiger partial charge in [-0.3, -0.25) is 4.99 Å². The molecule has 1 fully saturated rings. The Morgan fingerprint density at radius 1 is 1.03 bits per heavy atom. The second-order valence-corrected chi connectivity index (χ2v) is 10.5. The van der Waals surface area contributed by atoms with Crippen molar-refractivity contribution in [3.63, 3.8) is 0 Å². The Kier molecular flexibility index (Phi) is 9.16. The van der Waals surface area contributed by atoms with Crippen LogP contribution >= 0.6 is 0 Å². The number of hydrogen-bond donors (Lipinski definition) is 1. The fourth-order valence-corrected chi connectivity index (χ4v) is 5.28. The van der Waals surface area contributed by atoms with Gasteiger partial charge in [0.2, 0.25) is 0 Å². The number of phenolic OH excluding ortho intramolecular Hbond substituents is 1. The van der Waals surface area contributed by atoms with E-state index in [0.717, 1.165) is 41.9 Å². The summed E-state index contributed by atoms with van der Waals surface area (Å²) < 4.78 is 41.1. The number of allylic oxidation sites excluding steroid dienone is 1. The van der Waals surface area contributed by atoms with Gasteiger partial charge in [-0.1, -0.05) is 49.4 Å². The third kappa shape index (κ3) is 7.31. The molecule has 1 heterocycles. The summed E-state index contributed by atoms with van der Waals surface area (Å²) in [6.07, 6.45) is 3.45. The first-order valence-electron chi connectivity index (χ1n) is 13.7. The van der Waals surface area contributed by atoms with E-state index in [-0.39, 0.29) is 17.7 Å². The van der Waals surface area contributed by atoms with Crippen molar-refractivity contribution in [3.8, 4) is 5.75 Å². The summed E-state index contributed by atoms with van der Waals surface area (Å²) in [6.45, 7) is 8.27. The summed E-state index contributed by atoms with van der Waals surface area (Å²) in [4.78, 5) is 7.32. The lowest BCUT2D eigenvalue weighted by molar-refractivity contribution is -0.138.